The average Bonchev–Trinajstić information content (AvgIpc) is 3.14. The van der Waals surface area contributed by atoms with E-state index < -0.39 is 0 Å². The summed E-state index contributed by atoms with van der Waals surface area (Å²) in [6.45, 7) is 11.0. The first-order valence-corrected chi connectivity index (χ1v) is 9.54. The second-order valence-corrected chi connectivity index (χ2v) is 8.06. The van der Waals surface area contributed by atoms with Crippen LogP contribution in [0.3, 0.4) is 0 Å². The molecule has 4 heteroatoms. The molecule has 0 aliphatic carbocycles. The zero-order chi connectivity index (χ0) is 17.3. The molecule has 1 aromatic carbocycles. The van der Waals surface area contributed by atoms with Crippen LogP contribution in [-0.2, 0) is 13.1 Å². The van der Waals surface area contributed by atoms with E-state index in [2.05, 4.69) is 52.2 Å². The van der Waals surface area contributed by atoms with Gasteiger partial charge in [-0.2, -0.15) is 0 Å². The minimum atomic E-state index is 0.478. The summed E-state index contributed by atoms with van der Waals surface area (Å²) in [5.41, 5.74) is 4.25. The monoisotopic (exact) mass is 339 g/mol. The fourth-order valence-corrected chi connectivity index (χ4v) is 4.73. The lowest BCUT2D eigenvalue weighted by Crippen LogP contribution is -2.44. The number of aromatic nitrogens is 1. The summed E-state index contributed by atoms with van der Waals surface area (Å²) in [6, 6.07) is 10.9. The van der Waals surface area contributed by atoms with Gasteiger partial charge in [-0.3, -0.25) is 9.80 Å². The second kappa shape index (κ2) is 6.93. The molecule has 2 aliphatic rings. The SMILES string of the molecule is Cc1noc(C)c1CN1CCC[C@@]2(CCN(Cc3ccccc3)C2)C1. The van der Waals surface area contributed by atoms with Crippen LogP contribution in [0, 0.1) is 19.3 Å². The minimum Gasteiger partial charge on any atom is -0.361 e. The molecule has 0 N–H and O–H groups in total. The first kappa shape index (κ1) is 16.8. The van der Waals surface area contributed by atoms with Crippen LogP contribution in [0.4, 0.5) is 0 Å². The van der Waals surface area contributed by atoms with Gasteiger partial charge in [0.1, 0.15) is 5.76 Å². The van der Waals surface area contributed by atoms with Crippen LogP contribution in [0.25, 0.3) is 0 Å². The van der Waals surface area contributed by atoms with E-state index in [1.807, 2.05) is 6.92 Å². The number of hydrogen-bond acceptors (Lipinski definition) is 4. The molecule has 4 nitrogen and oxygen atoms in total. The highest BCUT2D eigenvalue weighted by molar-refractivity contribution is 5.21. The third-order valence-corrected chi connectivity index (χ3v) is 6.07. The van der Waals surface area contributed by atoms with Gasteiger partial charge in [-0.25, -0.2) is 0 Å². The van der Waals surface area contributed by atoms with Crippen LogP contribution >= 0.6 is 0 Å². The van der Waals surface area contributed by atoms with Crippen LogP contribution in [-0.4, -0.2) is 41.1 Å². The lowest BCUT2D eigenvalue weighted by atomic mass is 9.79. The Morgan fingerprint density at radius 3 is 2.48 bits per heavy atom. The van der Waals surface area contributed by atoms with Gasteiger partial charge in [0.05, 0.1) is 5.69 Å². The molecule has 0 saturated carbocycles. The van der Waals surface area contributed by atoms with Crippen LogP contribution in [0.5, 0.6) is 0 Å². The summed E-state index contributed by atoms with van der Waals surface area (Å²) in [4.78, 5) is 5.27. The molecule has 1 spiro atoms. The van der Waals surface area contributed by atoms with Gasteiger partial charge in [-0.1, -0.05) is 35.5 Å². The normalized spacial score (nSPS) is 25.0. The van der Waals surface area contributed by atoms with Crippen LogP contribution in [0.1, 0.15) is 41.8 Å². The molecule has 0 radical (unpaired) electrons. The van der Waals surface area contributed by atoms with Crippen molar-refractivity contribution in [3.63, 3.8) is 0 Å². The van der Waals surface area contributed by atoms with Gasteiger partial charge in [-0.15, -0.1) is 0 Å². The predicted octanol–water partition coefficient (Wildman–Crippen LogP) is 3.78. The molecule has 0 bridgehead atoms. The second-order valence-electron chi connectivity index (χ2n) is 8.06. The number of nitrogens with zero attached hydrogens (tertiary/aromatic N) is 3. The summed E-state index contributed by atoms with van der Waals surface area (Å²) in [5.74, 6) is 0.981. The van der Waals surface area contributed by atoms with E-state index in [1.165, 1.54) is 56.6 Å². The predicted molar refractivity (Wildman–Crippen MR) is 99.3 cm³/mol. The van der Waals surface area contributed by atoms with Gasteiger partial charge in [0, 0.05) is 31.7 Å². The van der Waals surface area contributed by atoms with Crippen molar-refractivity contribution in [2.45, 2.75) is 46.2 Å². The summed E-state index contributed by atoms with van der Waals surface area (Å²) in [5, 5.41) is 4.12. The molecular weight excluding hydrogens is 310 g/mol. The topological polar surface area (TPSA) is 32.5 Å². The maximum atomic E-state index is 5.35. The molecule has 25 heavy (non-hydrogen) atoms. The van der Waals surface area contributed by atoms with Crippen molar-refractivity contribution in [3.05, 3.63) is 52.9 Å². The number of piperidine rings is 1. The van der Waals surface area contributed by atoms with E-state index in [9.17, 15) is 0 Å². The van der Waals surface area contributed by atoms with E-state index in [4.69, 9.17) is 4.52 Å². The van der Waals surface area contributed by atoms with Gasteiger partial charge < -0.3 is 4.52 Å². The number of likely N-dealkylation sites (tertiary alicyclic amines) is 2. The maximum Gasteiger partial charge on any atom is 0.138 e. The Balaban J connectivity index is 1.39. The average molecular weight is 339 g/mol. The fraction of sp³-hybridized carbons (Fsp3) is 0.571. The van der Waals surface area contributed by atoms with Crippen molar-refractivity contribution in [1.29, 1.82) is 0 Å². The van der Waals surface area contributed by atoms with E-state index in [0.717, 1.165) is 24.5 Å². The molecule has 0 amide bonds. The standard InChI is InChI=1S/C21H29N3O/c1-17-20(18(2)25-22-17)14-23-11-6-9-21(15-23)10-12-24(16-21)13-19-7-4-3-5-8-19/h3-5,7-8H,6,9-16H2,1-2H3/t21-/m1/s1. The Hall–Kier alpha value is -1.65. The van der Waals surface area contributed by atoms with Crippen molar-refractivity contribution >= 4 is 0 Å². The smallest absolute Gasteiger partial charge is 0.138 e. The Kier molecular flexibility index (Phi) is 4.65. The summed E-state index contributed by atoms with van der Waals surface area (Å²) < 4.78 is 5.35. The van der Waals surface area contributed by atoms with Gasteiger partial charge >= 0.3 is 0 Å². The molecule has 4 rings (SSSR count). The van der Waals surface area contributed by atoms with Gasteiger partial charge in [0.2, 0.25) is 0 Å². The molecule has 1 atom stereocenters. The van der Waals surface area contributed by atoms with Gasteiger partial charge in [0.15, 0.2) is 0 Å². The van der Waals surface area contributed by atoms with E-state index >= 15 is 0 Å². The van der Waals surface area contributed by atoms with E-state index in [1.54, 1.807) is 0 Å². The number of benzene rings is 1. The Morgan fingerprint density at radius 2 is 1.76 bits per heavy atom. The number of rotatable bonds is 4. The first-order valence-electron chi connectivity index (χ1n) is 9.54. The van der Waals surface area contributed by atoms with Crippen molar-refractivity contribution < 1.29 is 4.52 Å². The maximum absolute atomic E-state index is 5.35. The lowest BCUT2D eigenvalue weighted by Gasteiger charge is -2.40. The molecule has 3 heterocycles. The van der Waals surface area contributed by atoms with Crippen molar-refractivity contribution in [2.24, 2.45) is 5.41 Å². The highest BCUT2D eigenvalue weighted by Gasteiger charge is 2.41. The quantitative estimate of drug-likeness (QED) is 0.849. The molecule has 2 aliphatic heterocycles. The third kappa shape index (κ3) is 3.65. The highest BCUT2D eigenvalue weighted by Crippen LogP contribution is 2.40. The zero-order valence-electron chi connectivity index (χ0n) is 15.5. The van der Waals surface area contributed by atoms with Crippen molar-refractivity contribution in [3.8, 4) is 0 Å². The Labute approximate surface area is 150 Å². The third-order valence-electron chi connectivity index (χ3n) is 6.07. The summed E-state index contributed by atoms with van der Waals surface area (Å²) in [7, 11) is 0. The number of hydrogen-bond donors (Lipinski definition) is 0. The van der Waals surface area contributed by atoms with E-state index in [0.29, 0.717) is 5.41 Å². The van der Waals surface area contributed by atoms with Crippen LogP contribution in [0.2, 0.25) is 0 Å². The zero-order valence-corrected chi connectivity index (χ0v) is 15.5. The van der Waals surface area contributed by atoms with Crippen LogP contribution in [0.15, 0.2) is 34.9 Å². The molecular formula is C21H29N3O. The van der Waals surface area contributed by atoms with Crippen molar-refractivity contribution in [1.82, 2.24) is 15.0 Å². The molecule has 1 aromatic heterocycles. The van der Waals surface area contributed by atoms with Gasteiger partial charge in [0.25, 0.3) is 0 Å². The Bertz CT molecular complexity index is 692. The Morgan fingerprint density at radius 1 is 1.00 bits per heavy atom. The minimum absolute atomic E-state index is 0.478. The fourth-order valence-electron chi connectivity index (χ4n) is 4.73. The highest BCUT2D eigenvalue weighted by atomic mass is 16.5. The van der Waals surface area contributed by atoms with Crippen molar-refractivity contribution in [2.75, 3.05) is 26.2 Å². The molecule has 0 unspecified atom stereocenters. The van der Waals surface area contributed by atoms with E-state index in [-0.39, 0.29) is 0 Å². The molecule has 2 saturated heterocycles. The first-order chi connectivity index (χ1) is 12.1. The lowest BCUT2D eigenvalue weighted by molar-refractivity contribution is 0.0861. The van der Waals surface area contributed by atoms with Crippen LogP contribution < -0.4 is 0 Å². The number of aryl methyl sites for hydroxylation is 2. The molecule has 134 valence electrons. The molecule has 2 aromatic rings. The summed E-state index contributed by atoms with van der Waals surface area (Å²) in [6.07, 6.45) is 4.01. The van der Waals surface area contributed by atoms with Gasteiger partial charge in [-0.05, 0) is 57.2 Å². The summed E-state index contributed by atoms with van der Waals surface area (Å²) >= 11 is 0. The molecule has 2 fully saturated rings. The largest absolute Gasteiger partial charge is 0.361 e.